The van der Waals surface area contributed by atoms with Crippen molar-refractivity contribution < 1.29 is 18.4 Å². The second kappa shape index (κ2) is 7.23. The first kappa shape index (κ1) is 18.0. The van der Waals surface area contributed by atoms with Gasteiger partial charge in [0.1, 0.15) is 29.1 Å². The predicted molar refractivity (Wildman–Crippen MR) is 90.1 cm³/mol. The predicted octanol–water partition coefficient (Wildman–Crippen LogP) is 1.96. The molecule has 1 aromatic carbocycles. The highest BCUT2D eigenvalue weighted by Gasteiger charge is 2.32. The van der Waals surface area contributed by atoms with E-state index in [-0.39, 0.29) is 11.8 Å². The summed E-state index contributed by atoms with van der Waals surface area (Å²) in [4.78, 5) is 31.1. The molecular weight excluding hydrogens is 342 g/mol. The van der Waals surface area contributed by atoms with E-state index < -0.39 is 29.1 Å². The molecule has 1 N–H and O–H groups in total. The molecule has 0 aliphatic carbocycles. The Hall–Kier alpha value is -2.77. The SMILES string of the molecule is CC(C)C(NC(=O)c1c(F)cccc1F)C(=O)N1CCn2ccnc2C1. The van der Waals surface area contributed by atoms with Gasteiger partial charge < -0.3 is 14.8 Å². The molecule has 6 nitrogen and oxygen atoms in total. The van der Waals surface area contributed by atoms with Gasteiger partial charge in [-0.1, -0.05) is 19.9 Å². The number of fused-ring (bicyclic) bond motifs is 1. The van der Waals surface area contributed by atoms with Crippen molar-refractivity contribution in [3.63, 3.8) is 0 Å². The number of amides is 2. The van der Waals surface area contributed by atoms with Gasteiger partial charge in [0.2, 0.25) is 5.91 Å². The van der Waals surface area contributed by atoms with Crippen molar-refractivity contribution in [3.8, 4) is 0 Å². The summed E-state index contributed by atoms with van der Waals surface area (Å²) in [5.41, 5.74) is -0.680. The van der Waals surface area contributed by atoms with Gasteiger partial charge in [0.05, 0.1) is 6.54 Å². The van der Waals surface area contributed by atoms with E-state index in [0.717, 1.165) is 18.0 Å². The third-order valence-electron chi connectivity index (χ3n) is 4.47. The second-order valence-corrected chi connectivity index (χ2v) is 6.59. The Morgan fingerprint density at radius 2 is 1.88 bits per heavy atom. The normalized spacial score (nSPS) is 14.9. The standard InChI is InChI=1S/C18H20F2N4O2/c1-11(2)16(22-17(25)15-12(19)4-3-5-13(15)20)18(26)24-9-8-23-7-6-21-14(23)10-24/h3-7,11,16H,8-10H2,1-2H3,(H,22,25). The lowest BCUT2D eigenvalue weighted by molar-refractivity contribution is -0.135. The number of aromatic nitrogens is 2. The lowest BCUT2D eigenvalue weighted by Gasteiger charge is -2.32. The summed E-state index contributed by atoms with van der Waals surface area (Å²) in [6, 6.07) is 2.31. The van der Waals surface area contributed by atoms with Crippen LogP contribution in [0, 0.1) is 17.6 Å². The van der Waals surface area contributed by atoms with Gasteiger partial charge in [-0.05, 0) is 18.1 Å². The monoisotopic (exact) mass is 362 g/mol. The summed E-state index contributed by atoms with van der Waals surface area (Å²) >= 11 is 0. The number of halogens is 2. The molecule has 0 saturated heterocycles. The molecule has 0 radical (unpaired) electrons. The Morgan fingerprint density at radius 3 is 2.54 bits per heavy atom. The fourth-order valence-corrected chi connectivity index (χ4v) is 3.00. The van der Waals surface area contributed by atoms with Gasteiger partial charge >= 0.3 is 0 Å². The maximum Gasteiger partial charge on any atom is 0.257 e. The van der Waals surface area contributed by atoms with Crippen LogP contribution >= 0.6 is 0 Å². The topological polar surface area (TPSA) is 67.2 Å². The number of hydrogen-bond acceptors (Lipinski definition) is 3. The smallest absolute Gasteiger partial charge is 0.257 e. The molecule has 3 rings (SSSR count). The highest BCUT2D eigenvalue weighted by atomic mass is 19.1. The molecular formula is C18H20F2N4O2. The van der Waals surface area contributed by atoms with Gasteiger partial charge in [-0.15, -0.1) is 0 Å². The number of carbonyl (C=O) groups excluding carboxylic acids is 2. The Kier molecular flexibility index (Phi) is 5.01. The zero-order chi connectivity index (χ0) is 18.8. The largest absolute Gasteiger partial charge is 0.340 e. The van der Waals surface area contributed by atoms with Crippen molar-refractivity contribution >= 4 is 11.8 Å². The number of benzene rings is 1. The van der Waals surface area contributed by atoms with Crippen LogP contribution in [0.25, 0.3) is 0 Å². The first-order valence-electron chi connectivity index (χ1n) is 8.42. The van der Waals surface area contributed by atoms with E-state index >= 15 is 0 Å². The fourth-order valence-electron chi connectivity index (χ4n) is 3.00. The summed E-state index contributed by atoms with van der Waals surface area (Å²) in [6.07, 6.45) is 3.52. The molecule has 0 spiro atoms. The lowest BCUT2D eigenvalue weighted by atomic mass is 10.0. The summed E-state index contributed by atoms with van der Waals surface area (Å²) in [7, 11) is 0. The highest BCUT2D eigenvalue weighted by molar-refractivity contribution is 5.98. The molecule has 1 aromatic heterocycles. The number of rotatable bonds is 4. The van der Waals surface area contributed by atoms with Crippen LogP contribution in [0.5, 0.6) is 0 Å². The molecule has 8 heteroatoms. The van der Waals surface area contributed by atoms with Gasteiger partial charge in [-0.25, -0.2) is 13.8 Å². The number of carbonyl (C=O) groups is 2. The van der Waals surface area contributed by atoms with Crippen LogP contribution in [0.2, 0.25) is 0 Å². The minimum atomic E-state index is -0.961. The Labute approximate surface area is 149 Å². The summed E-state index contributed by atoms with van der Waals surface area (Å²) in [5.74, 6) is -2.64. The Balaban J connectivity index is 1.77. The minimum Gasteiger partial charge on any atom is -0.340 e. The van der Waals surface area contributed by atoms with Crippen LogP contribution in [-0.4, -0.2) is 38.9 Å². The first-order chi connectivity index (χ1) is 12.4. The first-order valence-corrected chi connectivity index (χ1v) is 8.42. The number of nitrogens with zero attached hydrogens (tertiary/aromatic N) is 3. The van der Waals surface area contributed by atoms with Crippen molar-refractivity contribution in [1.82, 2.24) is 19.8 Å². The van der Waals surface area contributed by atoms with Crippen molar-refractivity contribution in [2.75, 3.05) is 6.54 Å². The van der Waals surface area contributed by atoms with Crippen molar-refractivity contribution in [3.05, 3.63) is 53.6 Å². The van der Waals surface area contributed by atoms with Gasteiger partial charge in [0.25, 0.3) is 5.91 Å². The van der Waals surface area contributed by atoms with E-state index in [0.29, 0.717) is 19.6 Å². The van der Waals surface area contributed by atoms with Crippen molar-refractivity contribution in [2.24, 2.45) is 5.92 Å². The lowest BCUT2D eigenvalue weighted by Crippen LogP contribution is -2.53. The molecule has 0 bridgehead atoms. The molecule has 26 heavy (non-hydrogen) atoms. The van der Waals surface area contributed by atoms with E-state index in [4.69, 9.17) is 0 Å². The van der Waals surface area contributed by atoms with E-state index in [1.807, 2.05) is 10.8 Å². The summed E-state index contributed by atoms with van der Waals surface area (Å²) in [5, 5.41) is 2.49. The van der Waals surface area contributed by atoms with Crippen LogP contribution in [-0.2, 0) is 17.9 Å². The average Bonchev–Trinajstić information content (AvgIpc) is 3.06. The molecule has 1 unspecified atom stereocenters. The van der Waals surface area contributed by atoms with Crippen LogP contribution in [0.1, 0.15) is 30.0 Å². The van der Waals surface area contributed by atoms with Crippen LogP contribution < -0.4 is 5.32 Å². The quantitative estimate of drug-likeness (QED) is 0.904. The third kappa shape index (κ3) is 3.44. The number of imidazole rings is 1. The van der Waals surface area contributed by atoms with Crippen LogP contribution in [0.15, 0.2) is 30.6 Å². The zero-order valence-electron chi connectivity index (χ0n) is 14.6. The molecule has 2 aromatic rings. The van der Waals surface area contributed by atoms with Crippen molar-refractivity contribution in [2.45, 2.75) is 33.0 Å². The molecule has 0 fully saturated rings. The molecule has 0 saturated carbocycles. The molecule has 2 amide bonds. The molecule has 1 atom stereocenters. The summed E-state index contributed by atoms with van der Waals surface area (Å²) < 4.78 is 29.6. The fraction of sp³-hybridized carbons (Fsp3) is 0.389. The molecule has 1 aliphatic rings. The molecule has 2 heterocycles. The van der Waals surface area contributed by atoms with Gasteiger partial charge in [-0.2, -0.15) is 0 Å². The molecule has 1 aliphatic heterocycles. The van der Waals surface area contributed by atoms with E-state index in [2.05, 4.69) is 10.3 Å². The maximum atomic E-state index is 13.8. The summed E-state index contributed by atoms with van der Waals surface area (Å²) in [6.45, 7) is 4.97. The number of nitrogens with one attached hydrogen (secondary N) is 1. The van der Waals surface area contributed by atoms with Crippen molar-refractivity contribution in [1.29, 1.82) is 0 Å². The van der Waals surface area contributed by atoms with E-state index in [1.54, 1.807) is 24.9 Å². The van der Waals surface area contributed by atoms with Crippen LogP contribution in [0.4, 0.5) is 8.78 Å². The van der Waals surface area contributed by atoms with Gasteiger partial charge in [0, 0.05) is 25.5 Å². The van der Waals surface area contributed by atoms with Crippen LogP contribution in [0.3, 0.4) is 0 Å². The average molecular weight is 362 g/mol. The second-order valence-electron chi connectivity index (χ2n) is 6.59. The van der Waals surface area contributed by atoms with Gasteiger partial charge in [0.15, 0.2) is 0 Å². The minimum absolute atomic E-state index is 0.247. The highest BCUT2D eigenvalue weighted by Crippen LogP contribution is 2.16. The zero-order valence-corrected chi connectivity index (χ0v) is 14.6. The Morgan fingerprint density at radius 1 is 1.19 bits per heavy atom. The van der Waals surface area contributed by atoms with E-state index in [9.17, 15) is 18.4 Å². The van der Waals surface area contributed by atoms with E-state index in [1.165, 1.54) is 6.07 Å². The van der Waals surface area contributed by atoms with Gasteiger partial charge in [-0.3, -0.25) is 9.59 Å². The molecule has 138 valence electrons. The number of hydrogen-bond donors (Lipinski definition) is 1. The third-order valence-corrected chi connectivity index (χ3v) is 4.47. The Bertz CT molecular complexity index is 814. The maximum absolute atomic E-state index is 13.8.